The average molecular weight is 470 g/mol. The molecule has 1 aliphatic carbocycles. The van der Waals surface area contributed by atoms with Crippen LogP contribution < -0.4 is 16.0 Å². The number of thioether (sulfide) groups is 1. The van der Waals surface area contributed by atoms with Crippen molar-refractivity contribution in [3.05, 3.63) is 0 Å². The van der Waals surface area contributed by atoms with Gasteiger partial charge in [0.05, 0.1) is 6.54 Å². The second kappa shape index (κ2) is 13.1. The fourth-order valence-corrected chi connectivity index (χ4v) is 2.80. The number of rotatable bonds is 9. The summed E-state index contributed by atoms with van der Waals surface area (Å²) in [5.41, 5.74) is 0. The molecule has 0 radical (unpaired) electrons. The smallest absolute Gasteiger partial charge is 0.220 e. The van der Waals surface area contributed by atoms with Crippen molar-refractivity contribution in [3.8, 4) is 0 Å². The molecule has 0 aromatic rings. The molecule has 0 aromatic heterocycles. The van der Waals surface area contributed by atoms with Gasteiger partial charge in [0.15, 0.2) is 5.96 Å². The molecule has 0 atom stereocenters. The first kappa shape index (κ1) is 23.8. The van der Waals surface area contributed by atoms with Crippen LogP contribution in [0.5, 0.6) is 0 Å². The fourth-order valence-electron chi connectivity index (χ4n) is 2.61. The van der Waals surface area contributed by atoms with Crippen molar-refractivity contribution in [2.75, 3.05) is 32.4 Å². The Balaban J connectivity index is 0.00000529. The minimum absolute atomic E-state index is 0. The van der Waals surface area contributed by atoms with Crippen LogP contribution in [-0.4, -0.2) is 49.0 Å². The summed E-state index contributed by atoms with van der Waals surface area (Å²) in [6.07, 6.45) is 7.80. The molecule has 1 amide bonds. The number of halogens is 1. The Hall–Kier alpha value is -0.180. The van der Waals surface area contributed by atoms with Gasteiger partial charge in [-0.2, -0.15) is 11.8 Å². The van der Waals surface area contributed by atoms with Gasteiger partial charge in [0.25, 0.3) is 0 Å². The van der Waals surface area contributed by atoms with Crippen molar-refractivity contribution in [1.82, 2.24) is 16.0 Å². The van der Waals surface area contributed by atoms with E-state index in [9.17, 15) is 4.79 Å². The Kier molecular flexibility index (Phi) is 13.0. The van der Waals surface area contributed by atoms with Crippen LogP contribution in [0.3, 0.4) is 0 Å². The number of amides is 1. The third kappa shape index (κ3) is 10.6. The molecule has 5 nitrogen and oxygen atoms in total. The van der Waals surface area contributed by atoms with Gasteiger partial charge >= 0.3 is 0 Å². The first-order valence-electron chi connectivity index (χ1n) is 8.81. The van der Waals surface area contributed by atoms with E-state index in [2.05, 4.69) is 48.0 Å². The largest absolute Gasteiger partial charge is 0.357 e. The Morgan fingerprint density at radius 1 is 1.17 bits per heavy atom. The van der Waals surface area contributed by atoms with Gasteiger partial charge in [-0.3, -0.25) is 9.79 Å². The van der Waals surface area contributed by atoms with Crippen LogP contribution in [0.1, 0.15) is 52.9 Å². The number of guanidine groups is 1. The van der Waals surface area contributed by atoms with Crippen molar-refractivity contribution in [2.24, 2.45) is 10.9 Å². The van der Waals surface area contributed by atoms with Crippen LogP contribution in [0, 0.1) is 5.92 Å². The van der Waals surface area contributed by atoms with Gasteiger partial charge in [-0.1, -0.05) is 12.8 Å². The maximum Gasteiger partial charge on any atom is 0.220 e. The van der Waals surface area contributed by atoms with Crippen molar-refractivity contribution >= 4 is 47.6 Å². The standard InChI is InChI=1S/C17H34N4OS.HI/c1-5-18-16(21-13-17(2,3)23-4)20-11-10-19-15(22)12-14-8-6-7-9-14;/h14H,5-13H2,1-4H3,(H,19,22)(H2,18,20,21);1H. The van der Waals surface area contributed by atoms with Gasteiger partial charge in [0.2, 0.25) is 5.91 Å². The topological polar surface area (TPSA) is 65.5 Å². The molecule has 1 fully saturated rings. The van der Waals surface area contributed by atoms with E-state index in [1.54, 1.807) is 0 Å². The van der Waals surface area contributed by atoms with E-state index in [0.29, 0.717) is 25.4 Å². The molecule has 0 unspecified atom stereocenters. The third-order valence-electron chi connectivity index (χ3n) is 4.20. The molecule has 1 aliphatic rings. The van der Waals surface area contributed by atoms with Crippen LogP contribution in [-0.2, 0) is 4.79 Å². The molecule has 0 saturated heterocycles. The quantitative estimate of drug-likeness (QED) is 0.210. The summed E-state index contributed by atoms with van der Waals surface area (Å²) in [6, 6.07) is 0. The zero-order valence-electron chi connectivity index (χ0n) is 15.6. The molecule has 0 bridgehead atoms. The van der Waals surface area contributed by atoms with Gasteiger partial charge in [0.1, 0.15) is 0 Å². The van der Waals surface area contributed by atoms with E-state index in [0.717, 1.165) is 19.0 Å². The number of carbonyl (C=O) groups is 1. The molecule has 1 saturated carbocycles. The lowest BCUT2D eigenvalue weighted by Gasteiger charge is -2.20. The second-order valence-electron chi connectivity index (χ2n) is 6.79. The van der Waals surface area contributed by atoms with Crippen LogP contribution in [0.4, 0.5) is 0 Å². The lowest BCUT2D eigenvalue weighted by Crippen LogP contribution is -2.42. The minimum Gasteiger partial charge on any atom is -0.357 e. The molecular weight excluding hydrogens is 435 g/mol. The molecule has 24 heavy (non-hydrogen) atoms. The highest BCUT2D eigenvalue weighted by Crippen LogP contribution is 2.27. The van der Waals surface area contributed by atoms with Gasteiger partial charge < -0.3 is 16.0 Å². The van der Waals surface area contributed by atoms with E-state index in [4.69, 9.17) is 0 Å². The maximum absolute atomic E-state index is 11.9. The van der Waals surface area contributed by atoms with E-state index in [-0.39, 0.29) is 34.6 Å². The molecule has 0 aliphatic heterocycles. The van der Waals surface area contributed by atoms with Crippen molar-refractivity contribution in [2.45, 2.75) is 57.6 Å². The number of hydrogen-bond donors (Lipinski definition) is 3. The molecule has 0 spiro atoms. The number of hydrogen-bond acceptors (Lipinski definition) is 3. The molecule has 142 valence electrons. The predicted molar refractivity (Wildman–Crippen MR) is 117 cm³/mol. The first-order valence-corrected chi connectivity index (χ1v) is 10.0. The number of carbonyl (C=O) groups excluding carboxylic acids is 1. The molecule has 0 heterocycles. The fraction of sp³-hybridized carbons (Fsp3) is 0.882. The molecular formula is C17H35IN4OS. The van der Waals surface area contributed by atoms with Gasteiger partial charge in [0, 0.05) is 30.8 Å². The summed E-state index contributed by atoms with van der Waals surface area (Å²) < 4.78 is 0.137. The lowest BCUT2D eigenvalue weighted by molar-refractivity contribution is -0.121. The van der Waals surface area contributed by atoms with Gasteiger partial charge in [-0.25, -0.2) is 0 Å². The van der Waals surface area contributed by atoms with Crippen molar-refractivity contribution in [1.29, 1.82) is 0 Å². The summed E-state index contributed by atoms with van der Waals surface area (Å²) in [4.78, 5) is 16.5. The van der Waals surface area contributed by atoms with E-state index in [1.165, 1.54) is 25.7 Å². The Morgan fingerprint density at radius 3 is 2.38 bits per heavy atom. The number of nitrogens with zero attached hydrogens (tertiary/aromatic N) is 1. The Morgan fingerprint density at radius 2 is 1.79 bits per heavy atom. The number of aliphatic imine (C=N–C) groups is 1. The summed E-state index contributed by atoms with van der Waals surface area (Å²) in [7, 11) is 0. The predicted octanol–water partition coefficient (Wildman–Crippen LogP) is 3.00. The molecule has 7 heteroatoms. The van der Waals surface area contributed by atoms with E-state index >= 15 is 0 Å². The zero-order chi connectivity index (χ0) is 17.1. The van der Waals surface area contributed by atoms with Gasteiger partial charge in [-0.05, 0) is 45.8 Å². The number of nitrogens with one attached hydrogen (secondary N) is 3. The van der Waals surface area contributed by atoms with Crippen molar-refractivity contribution in [3.63, 3.8) is 0 Å². The maximum atomic E-state index is 11.9. The Bertz CT molecular complexity index is 385. The van der Waals surface area contributed by atoms with Crippen LogP contribution in [0.25, 0.3) is 0 Å². The summed E-state index contributed by atoms with van der Waals surface area (Å²) in [5.74, 6) is 1.61. The summed E-state index contributed by atoms with van der Waals surface area (Å²) in [5, 5.41) is 9.53. The lowest BCUT2D eigenvalue weighted by atomic mass is 10.0. The monoisotopic (exact) mass is 470 g/mol. The Labute approximate surface area is 169 Å². The summed E-state index contributed by atoms with van der Waals surface area (Å²) in [6.45, 7) is 9.36. The highest BCUT2D eigenvalue weighted by molar-refractivity contribution is 14.0. The highest BCUT2D eigenvalue weighted by atomic mass is 127. The van der Waals surface area contributed by atoms with Crippen LogP contribution in [0.15, 0.2) is 4.99 Å². The second-order valence-corrected chi connectivity index (χ2v) is 8.30. The van der Waals surface area contributed by atoms with Crippen LogP contribution >= 0.6 is 35.7 Å². The SMILES string of the molecule is CCNC(=NCC(C)(C)SC)NCCNC(=O)CC1CCCC1.I. The van der Waals surface area contributed by atoms with E-state index in [1.807, 2.05) is 11.8 Å². The highest BCUT2D eigenvalue weighted by Gasteiger charge is 2.18. The molecule has 1 rings (SSSR count). The van der Waals surface area contributed by atoms with Crippen molar-refractivity contribution < 1.29 is 4.79 Å². The average Bonchev–Trinajstić information content (AvgIpc) is 3.02. The molecule has 3 N–H and O–H groups in total. The van der Waals surface area contributed by atoms with Gasteiger partial charge in [-0.15, -0.1) is 24.0 Å². The minimum atomic E-state index is 0. The van der Waals surface area contributed by atoms with E-state index < -0.39 is 0 Å². The zero-order valence-corrected chi connectivity index (χ0v) is 18.8. The summed E-state index contributed by atoms with van der Waals surface area (Å²) >= 11 is 1.81. The first-order chi connectivity index (χ1) is 11.0. The molecule has 0 aromatic carbocycles. The normalized spacial score (nSPS) is 15.8. The van der Waals surface area contributed by atoms with Crippen LogP contribution in [0.2, 0.25) is 0 Å². The third-order valence-corrected chi connectivity index (χ3v) is 5.44.